The molecule has 0 rings (SSSR count). The Kier molecular flexibility index (Phi) is 40.6. The van der Waals surface area contributed by atoms with Gasteiger partial charge in [0.05, 0.1) is 33.9 Å². The molecule has 0 fully saturated rings. The van der Waals surface area contributed by atoms with E-state index in [2.05, 4.69) is 59.2 Å². The number of hydrogen-bond acceptors (Lipinski definition) is 2. The highest BCUT2D eigenvalue weighted by Gasteiger charge is 2.29. The Morgan fingerprint density at radius 2 is 0.674 bits per heavy atom. The van der Waals surface area contributed by atoms with Crippen LogP contribution >= 0.6 is 0 Å². The second-order valence-electron chi connectivity index (χ2n) is 14.4. The van der Waals surface area contributed by atoms with Crippen LogP contribution in [0.1, 0.15) is 207 Å². The molecular weight excluding hydrogens is 586 g/mol. The number of unbranched alkanes of at least 4 members (excludes halogenated alkanes) is 24. The van der Waals surface area contributed by atoms with E-state index >= 15 is 0 Å². The maximum Gasteiger partial charge on any atom is 0.308 e. The van der Waals surface area contributed by atoms with Gasteiger partial charge in [-0.1, -0.05) is 161 Å². The molecule has 0 saturated heterocycles. The Labute approximate surface area is 297 Å². The molecule has 0 bridgehead atoms. The minimum absolute atomic E-state index is 0. The van der Waals surface area contributed by atoms with Crippen molar-refractivity contribution in [1.29, 1.82) is 0 Å². The largest absolute Gasteiger partial charge is 1.00 e. The predicted molar refractivity (Wildman–Crippen MR) is 202 cm³/mol. The van der Waals surface area contributed by atoms with Gasteiger partial charge >= 0.3 is 6.41 Å². The van der Waals surface area contributed by atoms with Gasteiger partial charge in [-0.3, -0.25) is 4.48 Å². The summed E-state index contributed by atoms with van der Waals surface area (Å²) in [5.41, 5.74) is 0. The van der Waals surface area contributed by atoms with Gasteiger partial charge < -0.3 is 21.9 Å². The van der Waals surface area contributed by atoms with Crippen LogP contribution in [0, 0.1) is 0 Å². The molecule has 0 aliphatic heterocycles. The normalized spacial score (nSPS) is 12.2. The highest BCUT2D eigenvalue weighted by molar-refractivity contribution is 4.82. The average molecular weight is 671 g/mol. The van der Waals surface area contributed by atoms with Crippen molar-refractivity contribution in [2.24, 2.45) is 0 Å². The zero-order chi connectivity index (χ0) is 32.9. The SMILES string of the molecule is CCCCCCCC/C=C\CCCCCCCCOC(OCCCCCCCC/C=C\CCCCCCCC)[N+](C)(C)CCC.[Cl-]. The fourth-order valence-electron chi connectivity index (χ4n) is 6.20. The average Bonchev–Trinajstić information content (AvgIpc) is 3.02. The van der Waals surface area contributed by atoms with E-state index in [0.29, 0.717) is 0 Å². The van der Waals surface area contributed by atoms with E-state index in [4.69, 9.17) is 9.47 Å². The van der Waals surface area contributed by atoms with Crippen LogP contribution in [0.15, 0.2) is 24.3 Å². The summed E-state index contributed by atoms with van der Waals surface area (Å²) >= 11 is 0. The van der Waals surface area contributed by atoms with E-state index in [-0.39, 0.29) is 18.8 Å². The lowest BCUT2D eigenvalue weighted by Gasteiger charge is -2.36. The van der Waals surface area contributed by atoms with Crippen LogP contribution in [-0.4, -0.2) is 44.8 Å². The minimum Gasteiger partial charge on any atom is -1.00 e. The Hall–Kier alpha value is -0.350. The van der Waals surface area contributed by atoms with E-state index in [0.717, 1.165) is 43.5 Å². The van der Waals surface area contributed by atoms with Crippen molar-refractivity contribution in [3.63, 3.8) is 0 Å². The number of ether oxygens (including phenoxy) is 2. The molecule has 0 saturated carbocycles. The topological polar surface area (TPSA) is 18.5 Å². The van der Waals surface area contributed by atoms with Gasteiger partial charge in [-0.25, -0.2) is 0 Å². The fraction of sp³-hybridized carbons (Fsp3) is 0.905. The van der Waals surface area contributed by atoms with Crippen molar-refractivity contribution in [2.45, 2.75) is 213 Å². The quantitative estimate of drug-likeness (QED) is 0.0284. The van der Waals surface area contributed by atoms with E-state index in [1.54, 1.807) is 0 Å². The van der Waals surface area contributed by atoms with E-state index < -0.39 is 0 Å². The first kappa shape index (κ1) is 47.8. The smallest absolute Gasteiger partial charge is 0.308 e. The first-order valence-electron chi connectivity index (χ1n) is 20.4. The first-order valence-corrected chi connectivity index (χ1v) is 20.4. The van der Waals surface area contributed by atoms with Gasteiger partial charge in [-0.15, -0.1) is 0 Å². The van der Waals surface area contributed by atoms with Crippen molar-refractivity contribution in [3.05, 3.63) is 24.3 Å². The monoisotopic (exact) mass is 670 g/mol. The number of nitrogens with zero attached hydrogens (tertiary/aromatic N) is 1. The standard InChI is InChI=1S/C42H84NO2.ClH/c1-6-9-11-13-15-17-19-21-23-25-27-29-31-33-35-37-40-44-42(43(4,5)39-8-3)45-41-38-36-34-32-30-28-26-24-22-20-18-16-14-12-10-7-2;/h21-24,42H,6-20,25-41H2,1-5H3;1H/q+1;/p-1/b23-21-,24-22-;. The van der Waals surface area contributed by atoms with Gasteiger partial charge in [-0.2, -0.15) is 0 Å². The fourth-order valence-corrected chi connectivity index (χ4v) is 6.20. The molecule has 0 spiro atoms. The number of rotatable bonds is 37. The number of halogens is 1. The molecule has 0 aliphatic carbocycles. The summed E-state index contributed by atoms with van der Waals surface area (Å²) in [5.74, 6) is 0. The van der Waals surface area contributed by atoms with Gasteiger partial charge in [0.15, 0.2) is 0 Å². The zero-order valence-corrected chi connectivity index (χ0v) is 32.9. The van der Waals surface area contributed by atoms with E-state index in [9.17, 15) is 0 Å². The van der Waals surface area contributed by atoms with Crippen molar-refractivity contribution in [2.75, 3.05) is 33.9 Å². The molecule has 46 heavy (non-hydrogen) atoms. The third kappa shape index (κ3) is 35.0. The second kappa shape index (κ2) is 39.1. The molecule has 3 nitrogen and oxygen atoms in total. The summed E-state index contributed by atoms with van der Waals surface area (Å²) < 4.78 is 13.5. The second-order valence-corrected chi connectivity index (χ2v) is 14.4. The molecule has 0 unspecified atom stereocenters. The van der Waals surface area contributed by atoms with Crippen LogP contribution in [0.2, 0.25) is 0 Å². The Balaban J connectivity index is 0. The molecule has 0 amide bonds. The van der Waals surface area contributed by atoms with Crippen LogP contribution in [0.3, 0.4) is 0 Å². The molecule has 276 valence electrons. The van der Waals surface area contributed by atoms with Gasteiger partial charge in [0.2, 0.25) is 0 Å². The molecule has 0 atom stereocenters. The number of quaternary nitrogens is 1. The lowest BCUT2D eigenvalue weighted by atomic mass is 10.1. The summed E-state index contributed by atoms with van der Waals surface area (Å²) in [7, 11) is 4.52. The lowest BCUT2D eigenvalue weighted by Crippen LogP contribution is -3.00. The van der Waals surface area contributed by atoms with Crippen molar-refractivity contribution in [3.8, 4) is 0 Å². The predicted octanol–water partition coefficient (Wildman–Crippen LogP) is 10.9. The molecule has 4 heteroatoms. The first-order chi connectivity index (χ1) is 22.1. The Morgan fingerprint density at radius 1 is 0.391 bits per heavy atom. The molecule has 0 aromatic rings. The minimum atomic E-state index is -0.129. The Morgan fingerprint density at radius 3 is 0.978 bits per heavy atom. The third-order valence-corrected chi connectivity index (χ3v) is 9.20. The highest BCUT2D eigenvalue weighted by Crippen LogP contribution is 2.16. The molecule has 0 heterocycles. The number of hydrogen-bond donors (Lipinski definition) is 0. The summed E-state index contributed by atoms with van der Waals surface area (Å²) in [6.45, 7) is 9.58. The Bertz CT molecular complexity index is 577. The maximum absolute atomic E-state index is 6.34. The third-order valence-electron chi connectivity index (χ3n) is 9.20. The van der Waals surface area contributed by atoms with Crippen LogP contribution in [0.25, 0.3) is 0 Å². The lowest BCUT2D eigenvalue weighted by molar-refractivity contribution is -0.962. The van der Waals surface area contributed by atoms with Crippen LogP contribution in [0.5, 0.6) is 0 Å². The summed E-state index contributed by atoms with van der Waals surface area (Å²) in [4.78, 5) is 0. The summed E-state index contributed by atoms with van der Waals surface area (Å²) in [6.07, 6.45) is 48.2. The van der Waals surface area contributed by atoms with Gasteiger partial charge in [0.25, 0.3) is 0 Å². The van der Waals surface area contributed by atoms with E-state index in [1.807, 2.05) is 0 Å². The maximum atomic E-state index is 6.34. The van der Waals surface area contributed by atoms with Crippen molar-refractivity contribution >= 4 is 0 Å². The zero-order valence-electron chi connectivity index (χ0n) is 32.2. The van der Waals surface area contributed by atoms with Crippen LogP contribution < -0.4 is 12.4 Å². The van der Waals surface area contributed by atoms with Crippen LogP contribution in [0.4, 0.5) is 0 Å². The molecule has 0 aromatic carbocycles. The molecule has 0 aliphatic rings. The van der Waals surface area contributed by atoms with Gasteiger partial charge in [-0.05, 0) is 70.6 Å². The highest BCUT2D eigenvalue weighted by atomic mass is 35.5. The van der Waals surface area contributed by atoms with Crippen molar-refractivity contribution in [1.82, 2.24) is 0 Å². The molecule has 0 aromatic heterocycles. The van der Waals surface area contributed by atoms with Crippen molar-refractivity contribution < 1.29 is 26.4 Å². The van der Waals surface area contributed by atoms with Gasteiger partial charge in [0.1, 0.15) is 0 Å². The van der Waals surface area contributed by atoms with E-state index in [1.165, 1.54) is 167 Å². The molecule has 0 radical (unpaired) electrons. The molecule has 0 N–H and O–H groups in total. The number of allylic oxidation sites excluding steroid dienone is 4. The summed E-state index contributed by atoms with van der Waals surface area (Å²) in [5, 5.41) is 0. The van der Waals surface area contributed by atoms with Crippen LogP contribution in [-0.2, 0) is 9.47 Å². The van der Waals surface area contributed by atoms with Gasteiger partial charge in [0, 0.05) is 0 Å². The molecular formula is C42H84ClNO2. The summed E-state index contributed by atoms with van der Waals surface area (Å²) in [6, 6.07) is 0.